The molecule has 2 aromatic rings. The minimum Gasteiger partial charge on any atom is -0.494 e. The quantitative estimate of drug-likeness (QED) is 0.760. The number of hydrogen-bond acceptors (Lipinski definition) is 3. The molecule has 0 bridgehead atoms. The first kappa shape index (κ1) is 10.8. The van der Waals surface area contributed by atoms with Crippen LogP contribution in [0.25, 0.3) is 10.9 Å². The number of hydrogen-bond donors (Lipinski definition) is 2. The van der Waals surface area contributed by atoms with Crippen molar-refractivity contribution in [1.82, 2.24) is 10.2 Å². The van der Waals surface area contributed by atoms with Crippen molar-refractivity contribution in [3.63, 3.8) is 0 Å². The summed E-state index contributed by atoms with van der Waals surface area (Å²) in [7, 11) is 1.86. The fourth-order valence-electron chi connectivity index (χ4n) is 1.61. The van der Waals surface area contributed by atoms with Crippen LogP contribution in [0.15, 0.2) is 18.2 Å². The maximum absolute atomic E-state index is 5.65. The minimum absolute atomic E-state index is 0.773. The van der Waals surface area contributed by atoms with E-state index in [1.165, 1.54) is 0 Å². The molecule has 2 rings (SSSR count). The lowest BCUT2D eigenvalue weighted by molar-refractivity contribution is 0.310. The monoisotopic (exact) mass is 219 g/mol. The van der Waals surface area contributed by atoms with Crippen LogP contribution in [-0.2, 0) is 0 Å². The van der Waals surface area contributed by atoms with E-state index < -0.39 is 0 Å². The molecule has 0 atom stereocenters. The standard InChI is InChI=1S/C12H17N3O/c1-3-4-7-16-9-5-6-11-10(8-9)12(13-2)15-14-11/h5-6,8H,3-4,7H2,1-2H3,(H2,13,14,15). The van der Waals surface area contributed by atoms with Crippen molar-refractivity contribution in [3.05, 3.63) is 18.2 Å². The number of ether oxygens (including phenoxy) is 1. The maximum Gasteiger partial charge on any atom is 0.155 e. The second kappa shape index (κ2) is 4.88. The lowest BCUT2D eigenvalue weighted by Crippen LogP contribution is -1.96. The van der Waals surface area contributed by atoms with Crippen LogP contribution in [0.3, 0.4) is 0 Å². The van der Waals surface area contributed by atoms with E-state index in [4.69, 9.17) is 4.74 Å². The van der Waals surface area contributed by atoms with Crippen LogP contribution >= 0.6 is 0 Å². The molecule has 0 unspecified atom stereocenters. The number of aromatic amines is 1. The van der Waals surface area contributed by atoms with Gasteiger partial charge in [0.2, 0.25) is 0 Å². The summed E-state index contributed by atoms with van der Waals surface area (Å²) in [6, 6.07) is 5.97. The maximum atomic E-state index is 5.65. The Bertz CT molecular complexity index is 464. The molecule has 0 radical (unpaired) electrons. The third-order valence-electron chi connectivity index (χ3n) is 2.54. The lowest BCUT2D eigenvalue weighted by Gasteiger charge is -2.05. The number of rotatable bonds is 5. The Balaban J connectivity index is 2.20. The molecule has 1 aromatic carbocycles. The molecule has 4 nitrogen and oxygen atoms in total. The van der Waals surface area contributed by atoms with Crippen molar-refractivity contribution in [3.8, 4) is 5.75 Å². The molecule has 86 valence electrons. The fraction of sp³-hybridized carbons (Fsp3) is 0.417. The van der Waals surface area contributed by atoms with Gasteiger partial charge in [-0.15, -0.1) is 0 Å². The van der Waals surface area contributed by atoms with Crippen molar-refractivity contribution < 1.29 is 4.74 Å². The fourth-order valence-corrected chi connectivity index (χ4v) is 1.61. The Kier molecular flexibility index (Phi) is 3.29. The normalized spacial score (nSPS) is 10.6. The zero-order valence-electron chi connectivity index (χ0n) is 9.71. The van der Waals surface area contributed by atoms with Crippen molar-refractivity contribution in [2.45, 2.75) is 19.8 Å². The summed E-state index contributed by atoms with van der Waals surface area (Å²) in [4.78, 5) is 0. The Morgan fingerprint density at radius 3 is 3.06 bits per heavy atom. The lowest BCUT2D eigenvalue weighted by atomic mass is 10.2. The summed E-state index contributed by atoms with van der Waals surface area (Å²) in [5.74, 6) is 1.76. The van der Waals surface area contributed by atoms with Gasteiger partial charge in [-0.3, -0.25) is 5.10 Å². The number of nitrogens with one attached hydrogen (secondary N) is 2. The SMILES string of the molecule is CCCCOc1ccc2[nH]nc(NC)c2c1. The van der Waals surface area contributed by atoms with Crippen LogP contribution in [0.1, 0.15) is 19.8 Å². The first-order valence-electron chi connectivity index (χ1n) is 5.64. The minimum atomic E-state index is 0.773. The van der Waals surface area contributed by atoms with Gasteiger partial charge < -0.3 is 10.1 Å². The van der Waals surface area contributed by atoms with E-state index >= 15 is 0 Å². The van der Waals surface area contributed by atoms with Crippen LogP contribution in [0.5, 0.6) is 5.75 Å². The molecule has 4 heteroatoms. The van der Waals surface area contributed by atoms with Gasteiger partial charge in [0, 0.05) is 12.4 Å². The van der Waals surface area contributed by atoms with Crippen LogP contribution in [-0.4, -0.2) is 23.9 Å². The molecule has 1 aromatic heterocycles. The first-order chi connectivity index (χ1) is 7.85. The van der Waals surface area contributed by atoms with Crippen molar-refractivity contribution >= 4 is 16.7 Å². The highest BCUT2D eigenvalue weighted by atomic mass is 16.5. The summed E-state index contributed by atoms with van der Waals surface area (Å²) in [6.45, 7) is 2.93. The predicted molar refractivity (Wildman–Crippen MR) is 66.0 cm³/mol. The number of fused-ring (bicyclic) bond motifs is 1. The van der Waals surface area contributed by atoms with Gasteiger partial charge in [-0.05, 0) is 24.6 Å². The molecule has 0 fully saturated rings. The van der Waals surface area contributed by atoms with E-state index in [2.05, 4.69) is 22.4 Å². The Hall–Kier alpha value is -1.71. The number of unbranched alkanes of at least 4 members (excludes halogenated alkanes) is 1. The van der Waals surface area contributed by atoms with E-state index in [0.717, 1.165) is 41.9 Å². The third-order valence-corrected chi connectivity index (χ3v) is 2.54. The molecule has 0 aliphatic heterocycles. The van der Waals surface area contributed by atoms with E-state index in [-0.39, 0.29) is 0 Å². The zero-order valence-corrected chi connectivity index (χ0v) is 9.71. The van der Waals surface area contributed by atoms with E-state index in [0.29, 0.717) is 0 Å². The van der Waals surface area contributed by atoms with E-state index in [1.807, 2.05) is 25.2 Å². The van der Waals surface area contributed by atoms with Crippen molar-refractivity contribution in [2.24, 2.45) is 0 Å². The predicted octanol–water partition coefficient (Wildman–Crippen LogP) is 2.78. The summed E-state index contributed by atoms with van der Waals surface area (Å²) in [5, 5.41) is 11.2. The number of benzene rings is 1. The topological polar surface area (TPSA) is 49.9 Å². The first-order valence-corrected chi connectivity index (χ1v) is 5.64. The number of nitrogens with zero attached hydrogens (tertiary/aromatic N) is 1. The molecule has 0 saturated heterocycles. The van der Waals surface area contributed by atoms with Crippen LogP contribution in [0.4, 0.5) is 5.82 Å². The van der Waals surface area contributed by atoms with Crippen LogP contribution in [0.2, 0.25) is 0 Å². The number of H-pyrrole nitrogens is 1. The van der Waals surface area contributed by atoms with Crippen molar-refractivity contribution in [2.75, 3.05) is 19.0 Å². The zero-order chi connectivity index (χ0) is 11.4. The molecule has 0 aliphatic carbocycles. The molecular formula is C12H17N3O. The molecule has 0 saturated carbocycles. The molecule has 0 aliphatic rings. The highest BCUT2D eigenvalue weighted by molar-refractivity contribution is 5.90. The summed E-state index contributed by atoms with van der Waals surface area (Å²) >= 11 is 0. The second-order valence-corrected chi connectivity index (χ2v) is 3.73. The van der Waals surface area contributed by atoms with Gasteiger partial charge in [0.05, 0.1) is 12.1 Å². The molecule has 0 spiro atoms. The highest BCUT2D eigenvalue weighted by Crippen LogP contribution is 2.24. The Labute approximate surface area is 95.0 Å². The van der Waals surface area contributed by atoms with Gasteiger partial charge >= 0.3 is 0 Å². The largest absolute Gasteiger partial charge is 0.494 e. The van der Waals surface area contributed by atoms with Gasteiger partial charge in [-0.1, -0.05) is 13.3 Å². The molecule has 0 amide bonds. The molecular weight excluding hydrogens is 202 g/mol. The van der Waals surface area contributed by atoms with E-state index in [9.17, 15) is 0 Å². The second-order valence-electron chi connectivity index (χ2n) is 3.73. The van der Waals surface area contributed by atoms with Gasteiger partial charge in [0.15, 0.2) is 5.82 Å². The third kappa shape index (κ3) is 2.10. The van der Waals surface area contributed by atoms with Crippen LogP contribution < -0.4 is 10.1 Å². The molecule has 1 heterocycles. The smallest absolute Gasteiger partial charge is 0.155 e. The van der Waals surface area contributed by atoms with Crippen LogP contribution in [0, 0.1) is 0 Å². The average molecular weight is 219 g/mol. The molecule has 16 heavy (non-hydrogen) atoms. The molecule has 2 N–H and O–H groups in total. The van der Waals surface area contributed by atoms with Gasteiger partial charge in [0.1, 0.15) is 5.75 Å². The van der Waals surface area contributed by atoms with Gasteiger partial charge in [0.25, 0.3) is 0 Å². The average Bonchev–Trinajstić information content (AvgIpc) is 2.71. The Morgan fingerprint density at radius 2 is 2.31 bits per heavy atom. The van der Waals surface area contributed by atoms with Gasteiger partial charge in [-0.2, -0.15) is 5.10 Å². The Morgan fingerprint density at radius 1 is 1.44 bits per heavy atom. The number of anilines is 1. The summed E-state index contributed by atoms with van der Waals surface area (Å²) < 4.78 is 5.65. The summed E-state index contributed by atoms with van der Waals surface area (Å²) in [5.41, 5.74) is 1.02. The van der Waals surface area contributed by atoms with Crippen molar-refractivity contribution in [1.29, 1.82) is 0 Å². The van der Waals surface area contributed by atoms with Gasteiger partial charge in [-0.25, -0.2) is 0 Å². The highest BCUT2D eigenvalue weighted by Gasteiger charge is 2.04. The number of aromatic nitrogens is 2. The van der Waals surface area contributed by atoms with E-state index in [1.54, 1.807) is 0 Å². The summed E-state index contributed by atoms with van der Waals surface area (Å²) in [6.07, 6.45) is 2.23.